The fraction of sp³-hybridized carbons (Fsp3) is 0.176. The van der Waals surface area contributed by atoms with Gasteiger partial charge in [0.15, 0.2) is 17.4 Å². The van der Waals surface area contributed by atoms with Crippen molar-refractivity contribution in [2.45, 2.75) is 6.92 Å². The van der Waals surface area contributed by atoms with Gasteiger partial charge in [-0.25, -0.2) is 8.78 Å². The Morgan fingerprint density at radius 1 is 1.36 bits per heavy atom. The summed E-state index contributed by atoms with van der Waals surface area (Å²) in [4.78, 5) is 1.76. The van der Waals surface area contributed by atoms with Crippen LogP contribution in [0.25, 0.3) is 5.70 Å². The zero-order valence-corrected chi connectivity index (χ0v) is 15.3. The van der Waals surface area contributed by atoms with Crippen LogP contribution >= 0.6 is 0 Å². The average Bonchev–Trinajstić information content (AvgIpc) is 2.46. The molecule has 0 saturated heterocycles. The minimum atomic E-state index is -0.768. The normalized spacial score (nSPS) is 13.8. The second kappa shape index (κ2) is 7.71. The molecule has 0 unspecified atom stereocenters. The zero-order chi connectivity index (χ0) is 15.6. The topological polar surface area (TPSA) is 12.5 Å². The number of likely N-dealkylation sites (N-methyl/N-ethyl adjacent to an activating group) is 1. The van der Waals surface area contributed by atoms with E-state index in [2.05, 4.69) is 23.3 Å². The Balaban J connectivity index is 0.00000242. The summed E-state index contributed by atoms with van der Waals surface area (Å²) in [7, 11) is 1.22. The molecule has 2 nitrogen and oxygen atoms in total. The molecule has 0 atom stereocenters. The van der Waals surface area contributed by atoms with Gasteiger partial charge in [0.2, 0.25) is 0 Å². The van der Waals surface area contributed by atoms with Crippen LogP contribution in [0.5, 0.6) is 5.75 Å². The van der Waals surface area contributed by atoms with Crippen molar-refractivity contribution < 1.29 is 46.2 Å². The van der Waals surface area contributed by atoms with E-state index in [-0.39, 0.29) is 32.7 Å². The number of terminal acetylenes is 1. The van der Waals surface area contributed by atoms with Gasteiger partial charge in [-0.15, -0.1) is 12.3 Å². The van der Waals surface area contributed by atoms with Crippen molar-refractivity contribution >= 4 is 5.70 Å². The molecule has 0 amide bonds. The summed E-state index contributed by atoms with van der Waals surface area (Å²) in [6, 6.07) is 2.41. The summed E-state index contributed by atoms with van der Waals surface area (Å²) in [6.45, 7) is 6.36. The number of hydrogen-bond acceptors (Lipinski definition) is 2. The summed E-state index contributed by atoms with van der Waals surface area (Å²) in [5.41, 5.74) is 2.06. The molecule has 1 heterocycles. The summed E-state index contributed by atoms with van der Waals surface area (Å²) >= 11 is 0. The molecule has 0 aromatic heterocycles. The number of methoxy groups -OCH3 is 1. The summed E-state index contributed by atoms with van der Waals surface area (Å²) in [5.74, 6) is 0.565. The molecule has 0 aliphatic carbocycles. The Kier molecular flexibility index (Phi) is 6.53. The van der Waals surface area contributed by atoms with Gasteiger partial charge in [0.05, 0.1) is 7.11 Å². The Hall–Kier alpha value is -1.44. The molecule has 1 aliphatic rings. The molecule has 0 fully saturated rings. The van der Waals surface area contributed by atoms with Gasteiger partial charge in [-0.1, -0.05) is 35.5 Å². The van der Waals surface area contributed by atoms with Crippen LogP contribution in [0.1, 0.15) is 12.5 Å². The minimum Gasteiger partial charge on any atom is -0.491 e. The smallest absolute Gasteiger partial charge is 0.188 e. The molecule has 5 heteroatoms. The van der Waals surface area contributed by atoms with Crippen LogP contribution in [-0.4, -0.2) is 18.6 Å². The van der Waals surface area contributed by atoms with E-state index in [4.69, 9.17) is 6.42 Å². The fourth-order valence-electron chi connectivity index (χ4n) is 2.19. The molecule has 1 radical (unpaired) electrons. The second-order valence-electron chi connectivity index (χ2n) is 4.36. The molecule has 2 rings (SSSR count). The molecular weight excluding hydrogens is 361 g/mol. The van der Waals surface area contributed by atoms with Crippen LogP contribution in [-0.2, 0) is 32.7 Å². The Morgan fingerprint density at radius 3 is 2.41 bits per heavy atom. The van der Waals surface area contributed by atoms with Gasteiger partial charge in [0.25, 0.3) is 0 Å². The molecule has 0 spiro atoms. The quantitative estimate of drug-likeness (QED) is 0.592. The molecule has 0 N–H and O–H groups in total. The first-order chi connectivity index (χ1) is 10.0. The van der Waals surface area contributed by atoms with Gasteiger partial charge in [-0.05, 0) is 12.6 Å². The second-order valence-corrected chi connectivity index (χ2v) is 4.36. The third kappa shape index (κ3) is 3.31. The van der Waals surface area contributed by atoms with Crippen molar-refractivity contribution in [3.63, 3.8) is 0 Å². The predicted octanol–water partition coefficient (Wildman–Crippen LogP) is 3.52. The number of halogens is 2. The summed E-state index contributed by atoms with van der Waals surface area (Å²) in [5, 5.41) is 0. The Labute approximate surface area is 154 Å². The first-order valence-corrected chi connectivity index (χ1v) is 6.34. The Bertz CT molecular complexity index is 678. The zero-order valence-electron chi connectivity index (χ0n) is 12.4. The van der Waals surface area contributed by atoms with E-state index in [1.807, 2.05) is 6.92 Å². The number of nitrogens with zero attached hydrogens (tertiary/aromatic N) is 1. The molecule has 1 aromatic rings. The van der Waals surface area contributed by atoms with Gasteiger partial charge >= 0.3 is 0 Å². The first kappa shape index (κ1) is 18.6. The maximum Gasteiger partial charge on any atom is 0.188 e. The van der Waals surface area contributed by atoms with Crippen molar-refractivity contribution in [3.8, 4) is 18.1 Å². The van der Waals surface area contributed by atoms with Crippen LogP contribution < -0.4 is 4.74 Å². The maximum atomic E-state index is 13.8. The van der Waals surface area contributed by atoms with Crippen molar-refractivity contribution in [3.05, 3.63) is 59.3 Å². The molecule has 1 aliphatic heterocycles. The third-order valence-corrected chi connectivity index (χ3v) is 3.21. The van der Waals surface area contributed by atoms with Gasteiger partial charge in [0.1, 0.15) is 0 Å². The van der Waals surface area contributed by atoms with Crippen LogP contribution in [0.2, 0.25) is 0 Å². The SMILES string of the molecule is C#CC1=C[C-]=C(c2cc(F)c(OC)c(F)c2)N(CC)C1=C.[Y]. The first-order valence-electron chi connectivity index (χ1n) is 6.34. The van der Waals surface area contributed by atoms with Crippen molar-refractivity contribution in [2.24, 2.45) is 0 Å². The van der Waals surface area contributed by atoms with Crippen LogP contribution in [0, 0.1) is 30.1 Å². The van der Waals surface area contributed by atoms with Crippen molar-refractivity contribution in [1.29, 1.82) is 0 Å². The fourth-order valence-corrected chi connectivity index (χ4v) is 2.19. The van der Waals surface area contributed by atoms with E-state index in [0.29, 0.717) is 29.1 Å². The van der Waals surface area contributed by atoms with E-state index >= 15 is 0 Å². The van der Waals surface area contributed by atoms with E-state index in [1.165, 1.54) is 19.2 Å². The van der Waals surface area contributed by atoms with E-state index in [0.717, 1.165) is 0 Å². The maximum absolute atomic E-state index is 13.8. The molecule has 111 valence electrons. The largest absolute Gasteiger partial charge is 0.491 e. The average molecular weight is 375 g/mol. The third-order valence-electron chi connectivity index (χ3n) is 3.21. The van der Waals surface area contributed by atoms with Crippen molar-refractivity contribution in [1.82, 2.24) is 4.90 Å². The van der Waals surface area contributed by atoms with Crippen LogP contribution in [0.3, 0.4) is 0 Å². The predicted molar refractivity (Wildman–Crippen MR) is 78.0 cm³/mol. The standard InChI is InChI=1S/C17H14F2NO.Y/c1-5-12-7-8-16(20(6-2)11(12)3)13-9-14(18)17(21-4)15(19)10-13;/h1,7,9-10H,3,6H2,2,4H3;/q-1;. The van der Waals surface area contributed by atoms with Gasteiger partial charge in [-0.3, -0.25) is 0 Å². The van der Waals surface area contributed by atoms with Crippen LogP contribution in [0.4, 0.5) is 8.78 Å². The van der Waals surface area contributed by atoms with E-state index in [1.54, 1.807) is 11.0 Å². The number of hydrogen-bond donors (Lipinski definition) is 0. The van der Waals surface area contributed by atoms with E-state index in [9.17, 15) is 8.78 Å². The summed E-state index contributed by atoms with van der Waals surface area (Å²) < 4.78 is 32.4. The molecule has 22 heavy (non-hydrogen) atoms. The molecule has 0 saturated carbocycles. The number of benzene rings is 1. The van der Waals surface area contributed by atoms with Crippen LogP contribution in [0.15, 0.2) is 36.1 Å². The Morgan fingerprint density at radius 2 is 1.95 bits per heavy atom. The molecule has 1 aromatic carbocycles. The van der Waals surface area contributed by atoms with E-state index < -0.39 is 17.4 Å². The molecule has 0 bridgehead atoms. The van der Waals surface area contributed by atoms with Gasteiger partial charge in [-0.2, -0.15) is 12.2 Å². The minimum absolute atomic E-state index is 0. The monoisotopic (exact) mass is 375 g/mol. The van der Waals surface area contributed by atoms with Gasteiger partial charge < -0.3 is 9.64 Å². The summed E-state index contributed by atoms with van der Waals surface area (Å²) in [6.07, 6.45) is 9.94. The number of rotatable bonds is 3. The van der Waals surface area contributed by atoms with Gasteiger partial charge in [0, 0.05) is 39.3 Å². The van der Waals surface area contributed by atoms with Crippen molar-refractivity contribution in [2.75, 3.05) is 13.7 Å². The number of ether oxygens (including phenoxy) is 1. The molecular formula is C17H14F2NOY-. The number of allylic oxidation sites excluding steroid dienone is 3.